The molecule has 0 N–H and O–H groups in total. The zero-order valence-electron chi connectivity index (χ0n) is 12.5. The average Bonchev–Trinajstić information content (AvgIpc) is 2.28. The highest BCUT2D eigenvalue weighted by molar-refractivity contribution is 5.85. The molecule has 102 valence electrons. The van der Waals surface area contributed by atoms with Gasteiger partial charge in [0.15, 0.2) is 5.78 Å². The quantitative estimate of drug-likeness (QED) is 0.752. The van der Waals surface area contributed by atoms with E-state index in [0.29, 0.717) is 5.41 Å². The third kappa shape index (κ3) is 3.57. The summed E-state index contributed by atoms with van der Waals surface area (Å²) in [4.78, 5) is 12.3. The maximum absolute atomic E-state index is 12.3. The Kier molecular flexibility index (Phi) is 4.96. The first-order valence-electron chi connectivity index (χ1n) is 7.20. The van der Waals surface area contributed by atoms with Crippen molar-refractivity contribution in [3.63, 3.8) is 0 Å². The van der Waals surface area contributed by atoms with Crippen LogP contribution in [-0.4, -0.2) is 5.78 Å². The van der Waals surface area contributed by atoms with Gasteiger partial charge in [0, 0.05) is 5.92 Å². The van der Waals surface area contributed by atoms with E-state index < -0.39 is 5.92 Å². The Balaban J connectivity index is 2.58. The maximum Gasteiger partial charge on any atom is 0.153 e. The second-order valence-electron chi connectivity index (χ2n) is 7.17. The van der Waals surface area contributed by atoms with Gasteiger partial charge < -0.3 is 0 Å². The summed E-state index contributed by atoms with van der Waals surface area (Å²) in [6, 6.07) is 2.19. The van der Waals surface area contributed by atoms with E-state index in [1.807, 2.05) is 13.8 Å². The Morgan fingerprint density at radius 1 is 1.17 bits per heavy atom. The molecular formula is C16H27NO. The van der Waals surface area contributed by atoms with Gasteiger partial charge in [-0.15, -0.1) is 0 Å². The summed E-state index contributed by atoms with van der Waals surface area (Å²) < 4.78 is 0. The van der Waals surface area contributed by atoms with Crippen molar-refractivity contribution in [1.82, 2.24) is 0 Å². The number of hydrogen-bond donors (Lipinski definition) is 0. The average molecular weight is 249 g/mol. The predicted octanol–water partition coefficient (Wildman–Crippen LogP) is 4.20. The van der Waals surface area contributed by atoms with Gasteiger partial charge in [0.05, 0.1) is 6.07 Å². The Bertz CT molecular complexity index is 324. The van der Waals surface area contributed by atoms with Crippen LogP contribution in [0.5, 0.6) is 0 Å². The van der Waals surface area contributed by atoms with Crippen molar-refractivity contribution >= 4 is 5.78 Å². The third-order valence-electron chi connectivity index (χ3n) is 4.47. The number of Topliss-reactive ketones (excluding diaryl/α,β-unsaturated/α-hetero) is 1. The minimum atomic E-state index is -0.402. The molecule has 0 bridgehead atoms. The van der Waals surface area contributed by atoms with E-state index in [0.717, 1.165) is 31.6 Å². The normalized spacial score (nSPS) is 26.7. The first kappa shape index (κ1) is 15.2. The van der Waals surface area contributed by atoms with Gasteiger partial charge in [-0.25, -0.2) is 0 Å². The Hall–Kier alpha value is -0.840. The monoisotopic (exact) mass is 249 g/mol. The lowest BCUT2D eigenvalue weighted by atomic mass is 9.68. The molecule has 1 rings (SSSR count). The van der Waals surface area contributed by atoms with Gasteiger partial charge in [-0.2, -0.15) is 5.26 Å². The van der Waals surface area contributed by atoms with E-state index in [-0.39, 0.29) is 17.6 Å². The van der Waals surface area contributed by atoms with Crippen molar-refractivity contribution in [2.45, 2.75) is 60.3 Å². The molecule has 0 amide bonds. The Morgan fingerprint density at radius 3 is 2.00 bits per heavy atom. The molecule has 1 saturated carbocycles. The number of nitriles is 1. The van der Waals surface area contributed by atoms with Crippen LogP contribution < -0.4 is 0 Å². The minimum Gasteiger partial charge on any atom is -0.298 e. The van der Waals surface area contributed by atoms with Gasteiger partial charge in [-0.05, 0) is 42.9 Å². The molecule has 0 aromatic rings. The summed E-state index contributed by atoms with van der Waals surface area (Å²) in [5.74, 6) is 0.792. The highest BCUT2D eigenvalue weighted by Crippen LogP contribution is 2.40. The van der Waals surface area contributed by atoms with Gasteiger partial charge in [0.2, 0.25) is 0 Å². The molecule has 2 nitrogen and oxygen atoms in total. The van der Waals surface area contributed by atoms with Crippen LogP contribution >= 0.6 is 0 Å². The molecule has 0 radical (unpaired) electrons. The second kappa shape index (κ2) is 5.87. The highest BCUT2D eigenvalue weighted by Gasteiger charge is 2.35. The SMILES string of the molecule is CC(C)C(C#N)C(=O)C1CCC(C(C)(C)C)CC1. The van der Waals surface area contributed by atoms with Crippen LogP contribution in [0.1, 0.15) is 60.3 Å². The molecule has 1 atom stereocenters. The van der Waals surface area contributed by atoms with Gasteiger partial charge in [-0.3, -0.25) is 4.79 Å². The summed E-state index contributed by atoms with van der Waals surface area (Å²) >= 11 is 0. The first-order chi connectivity index (χ1) is 8.27. The lowest BCUT2D eigenvalue weighted by Crippen LogP contribution is -2.32. The summed E-state index contributed by atoms with van der Waals surface area (Å²) in [5, 5.41) is 9.11. The smallest absolute Gasteiger partial charge is 0.153 e. The maximum atomic E-state index is 12.3. The molecular weight excluding hydrogens is 222 g/mol. The van der Waals surface area contributed by atoms with Crippen molar-refractivity contribution in [1.29, 1.82) is 5.26 Å². The first-order valence-corrected chi connectivity index (χ1v) is 7.20. The fraction of sp³-hybridized carbons (Fsp3) is 0.875. The third-order valence-corrected chi connectivity index (χ3v) is 4.47. The van der Waals surface area contributed by atoms with Crippen LogP contribution in [0.2, 0.25) is 0 Å². The zero-order valence-corrected chi connectivity index (χ0v) is 12.5. The topological polar surface area (TPSA) is 40.9 Å². The fourth-order valence-electron chi connectivity index (χ4n) is 3.04. The van der Waals surface area contributed by atoms with E-state index in [4.69, 9.17) is 5.26 Å². The van der Waals surface area contributed by atoms with Crippen molar-refractivity contribution < 1.29 is 4.79 Å². The predicted molar refractivity (Wildman–Crippen MR) is 73.9 cm³/mol. The molecule has 0 heterocycles. The van der Waals surface area contributed by atoms with Gasteiger partial charge >= 0.3 is 0 Å². The van der Waals surface area contributed by atoms with E-state index in [1.54, 1.807) is 0 Å². The Morgan fingerprint density at radius 2 is 1.67 bits per heavy atom. The van der Waals surface area contributed by atoms with Crippen LogP contribution in [0.3, 0.4) is 0 Å². The van der Waals surface area contributed by atoms with E-state index in [1.165, 1.54) is 0 Å². The summed E-state index contributed by atoms with van der Waals surface area (Å²) in [6.07, 6.45) is 4.23. The Labute approximate surface area is 112 Å². The number of nitrogens with zero attached hydrogens (tertiary/aromatic N) is 1. The number of rotatable bonds is 3. The van der Waals surface area contributed by atoms with Crippen molar-refractivity contribution in [2.24, 2.45) is 29.1 Å². The fourth-order valence-corrected chi connectivity index (χ4v) is 3.04. The number of ketones is 1. The summed E-state index contributed by atoms with van der Waals surface area (Å²) in [7, 11) is 0. The molecule has 2 heteroatoms. The van der Waals surface area contributed by atoms with Gasteiger partial charge in [0.25, 0.3) is 0 Å². The second-order valence-corrected chi connectivity index (χ2v) is 7.17. The molecule has 0 aromatic heterocycles. The van der Waals surface area contributed by atoms with Crippen LogP contribution in [0.15, 0.2) is 0 Å². The van der Waals surface area contributed by atoms with Crippen molar-refractivity contribution in [2.75, 3.05) is 0 Å². The number of hydrogen-bond acceptors (Lipinski definition) is 2. The van der Waals surface area contributed by atoms with Crippen LogP contribution in [0.25, 0.3) is 0 Å². The standard InChI is InChI=1S/C16H27NO/c1-11(2)14(10-17)15(18)12-6-8-13(9-7-12)16(3,4)5/h11-14H,6-9H2,1-5H3. The largest absolute Gasteiger partial charge is 0.298 e. The number of carbonyl (C=O) groups is 1. The van der Waals surface area contributed by atoms with E-state index in [9.17, 15) is 4.79 Å². The lowest BCUT2D eigenvalue weighted by molar-refractivity contribution is -0.127. The minimum absolute atomic E-state index is 0.135. The van der Waals surface area contributed by atoms with Gasteiger partial charge in [0.1, 0.15) is 5.92 Å². The summed E-state index contributed by atoms with van der Waals surface area (Å²) in [6.45, 7) is 10.8. The van der Waals surface area contributed by atoms with Crippen LogP contribution in [0, 0.1) is 40.4 Å². The molecule has 0 spiro atoms. The molecule has 0 saturated heterocycles. The molecule has 1 aliphatic carbocycles. The van der Waals surface area contributed by atoms with Crippen molar-refractivity contribution in [3.8, 4) is 6.07 Å². The van der Waals surface area contributed by atoms with Crippen molar-refractivity contribution in [3.05, 3.63) is 0 Å². The molecule has 18 heavy (non-hydrogen) atoms. The van der Waals surface area contributed by atoms with Gasteiger partial charge in [-0.1, -0.05) is 34.6 Å². The van der Waals surface area contributed by atoms with E-state index >= 15 is 0 Å². The summed E-state index contributed by atoms with van der Waals surface area (Å²) in [5.41, 5.74) is 0.348. The number of carbonyl (C=O) groups excluding carboxylic acids is 1. The molecule has 0 aromatic carbocycles. The molecule has 1 fully saturated rings. The lowest BCUT2D eigenvalue weighted by Gasteiger charge is -2.37. The van der Waals surface area contributed by atoms with Crippen LogP contribution in [-0.2, 0) is 4.79 Å². The molecule has 1 aliphatic rings. The highest BCUT2D eigenvalue weighted by atomic mass is 16.1. The van der Waals surface area contributed by atoms with Crippen LogP contribution in [0.4, 0.5) is 0 Å². The van der Waals surface area contributed by atoms with E-state index in [2.05, 4.69) is 26.8 Å². The molecule has 1 unspecified atom stereocenters. The zero-order chi connectivity index (χ0) is 13.9. The molecule has 0 aliphatic heterocycles.